The number of nitrogens with two attached hydrogens (primary N) is 1. The van der Waals surface area contributed by atoms with Crippen LogP contribution < -0.4 is 5.73 Å². The molecule has 1 aliphatic heterocycles. The van der Waals surface area contributed by atoms with E-state index in [1.165, 1.54) is 17.3 Å². The van der Waals surface area contributed by atoms with E-state index >= 15 is 0 Å². The summed E-state index contributed by atoms with van der Waals surface area (Å²) in [6, 6.07) is 2.27. The summed E-state index contributed by atoms with van der Waals surface area (Å²) in [7, 11) is -3.74. The molecule has 1 atom stereocenters. The molecular formula is C12H17FN2O3S. The van der Waals surface area contributed by atoms with Crippen molar-refractivity contribution >= 4 is 15.7 Å². The van der Waals surface area contributed by atoms with Gasteiger partial charge in [-0.3, -0.25) is 0 Å². The summed E-state index contributed by atoms with van der Waals surface area (Å²) in [4.78, 5) is -0.133. The Morgan fingerprint density at radius 1 is 1.53 bits per heavy atom. The zero-order valence-corrected chi connectivity index (χ0v) is 11.5. The fourth-order valence-corrected chi connectivity index (χ4v) is 3.72. The van der Waals surface area contributed by atoms with Gasteiger partial charge in [-0.2, -0.15) is 4.31 Å². The maximum Gasteiger partial charge on any atom is 0.243 e. The van der Waals surface area contributed by atoms with Gasteiger partial charge in [0.2, 0.25) is 10.0 Å². The van der Waals surface area contributed by atoms with Crippen LogP contribution in [0.1, 0.15) is 12.0 Å². The minimum absolute atomic E-state index is 0.0452. The SMILES string of the molecule is Cc1c(N)cc(S(=O)(=O)N2CCC(CO)C2)cc1F. The van der Waals surface area contributed by atoms with Crippen molar-refractivity contribution in [3.63, 3.8) is 0 Å². The van der Waals surface area contributed by atoms with Crippen LogP contribution in [-0.4, -0.2) is 37.5 Å². The second kappa shape index (κ2) is 5.07. The predicted octanol–water partition coefficient (Wildman–Crippen LogP) is 0.719. The summed E-state index contributed by atoms with van der Waals surface area (Å²) in [5.74, 6) is -0.682. The molecule has 0 aliphatic carbocycles. The van der Waals surface area contributed by atoms with Gasteiger partial charge in [0.15, 0.2) is 0 Å². The van der Waals surface area contributed by atoms with Gasteiger partial charge in [-0.05, 0) is 31.4 Å². The normalized spacial score (nSPS) is 20.9. The van der Waals surface area contributed by atoms with Crippen LogP contribution in [0.15, 0.2) is 17.0 Å². The van der Waals surface area contributed by atoms with Crippen LogP contribution in [0.4, 0.5) is 10.1 Å². The highest BCUT2D eigenvalue weighted by Gasteiger charge is 2.32. The molecule has 1 aromatic carbocycles. The Morgan fingerprint density at radius 3 is 2.74 bits per heavy atom. The highest BCUT2D eigenvalue weighted by Crippen LogP contribution is 2.27. The molecule has 1 saturated heterocycles. The van der Waals surface area contributed by atoms with Crippen molar-refractivity contribution in [2.45, 2.75) is 18.2 Å². The van der Waals surface area contributed by atoms with Gasteiger partial charge in [-0.25, -0.2) is 12.8 Å². The lowest BCUT2D eigenvalue weighted by Crippen LogP contribution is -2.29. The smallest absolute Gasteiger partial charge is 0.243 e. The molecule has 19 heavy (non-hydrogen) atoms. The summed E-state index contributed by atoms with van der Waals surface area (Å²) in [5.41, 5.74) is 5.97. The first-order valence-electron chi connectivity index (χ1n) is 6.03. The van der Waals surface area contributed by atoms with Gasteiger partial charge in [0, 0.05) is 30.9 Å². The number of nitrogens with zero attached hydrogens (tertiary/aromatic N) is 1. The van der Waals surface area contributed by atoms with Crippen LogP contribution in [-0.2, 0) is 10.0 Å². The van der Waals surface area contributed by atoms with Crippen molar-refractivity contribution in [1.82, 2.24) is 4.31 Å². The minimum atomic E-state index is -3.74. The number of hydrogen-bond donors (Lipinski definition) is 2. The zero-order chi connectivity index (χ0) is 14.2. The van der Waals surface area contributed by atoms with E-state index in [1.807, 2.05) is 0 Å². The Balaban J connectivity index is 2.35. The highest BCUT2D eigenvalue weighted by atomic mass is 32.2. The third-order valence-corrected chi connectivity index (χ3v) is 5.35. The molecule has 0 spiro atoms. The molecule has 0 bridgehead atoms. The van der Waals surface area contributed by atoms with Crippen molar-refractivity contribution in [2.24, 2.45) is 5.92 Å². The van der Waals surface area contributed by atoms with Crippen molar-refractivity contribution in [3.8, 4) is 0 Å². The van der Waals surface area contributed by atoms with Crippen LogP contribution in [0, 0.1) is 18.7 Å². The van der Waals surface area contributed by atoms with Crippen molar-refractivity contribution in [1.29, 1.82) is 0 Å². The predicted molar refractivity (Wildman–Crippen MR) is 69.5 cm³/mol. The Morgan fingerprint density at radius 2 is 2.21 bits per heavy atom. The molecular weight excluding hydrogens is 271 g/mol. The molecule has 3 N–H and O–H groups in total. The average molecular weight is 288 g/mol. The van der Waals surface area contributed by atoms with Crippen LogP contribution in [0.2, 0.25) is 0 Å². The monoisotopic (exact) mass is 288 g/mol. The number of aliphatic hydroxyl groups is 1. The van der Waals surface area contributed by atoms with Crippen molar-refractivity contribution < 1.29 is 17.9 Å². The lowest BCUT2D eigenvalue weighted by Gasteiger charge is -2.17. The van der Waals surface area contributed by atoms with E-state index in [1.54, 1.807) is 0 Å². The zero-order valence-electron chi connectivity index (χ0n) is 10.6. The van der Waals surface area contributed by atoms with Gasteiger partial charge in [-0.1, -0.05) is 0 Å². The van der Waals surface area contributed by atoms with E-state index in [0.717, 1.165) is 6.07 Å². The highest BCUT2D eigenvalue weighted by molar-refractivity contribution is 7.89. The number of benzene rings is 1. The largest absolute Gasteiger partial charge is 0.398 e. The van der Waals surface area contributed by atoms with Crippen molar-refractivity contribution in [3.05, 3.63) is 23.5 Å². The second-order valence-electron chi connectivity index (χ2n) is 4.82. The second-order valence-corrected chi connectivity index (χ2v) is 6.76. The molecule has 0 aromatic heterocycles. The number of anilines is 1. The van der Waals surface area contributed by atoms with Gasteiger partial charge in [-0.15, -0.1) is 0 Å². The molecule has 0 radical (unpaired) electrons. The lowest BCUT2D eigenvalue weighted by molar-refractivity contribution is 0.233. The average Bonchev–Trinajstić information content (AvgIpc) is 2.84. The minimum Gasteiger partial charge on any atom is -0.398 e. The Labute approximate surface area is 111 Å². The molecule has 0 amide bonds. The Kier molecular flexibility index (Phi) is 3.80. The van der Waals surface area contributed by atoms with Gasteiger partial charge < -0.3 is 10.8 Å². The fourth-order valence-electron chi connectivity index (χ4n) is 2.14. The number of sulfonamides is 1. The van der Waals surface area contributed by atoms with Gasteiger partial charge >= 0.3 is 0 Å². The molecule has 1 fully saturated rings. The first-order chi connectivity index (χ1) is 8.86. The molecule has 1 aliphatic rings. The fraction of sp³-hybridized carbons (Fsp3) is 0.500. The first-order valence-corrected chi connectivity index (χ1v) is 7.47. The summed E-state index contributed by atoms with van der Waals surface area (Å²) in [6.07, 6.45) is 0.611. The van der Waals surface area contributed by atoms with Crippen LogP contribution in [0.5, 0.6) is 0 Å². The maximum absolute atomic E-state index is 13.6. The molecule has 5 nitrogen and oxygen atoms in total. The first kappa shape index (κ1) is 14.2. The molecule has 106 valence electrons. The summed E-state index contributed by atoms with van der Waals surface area (Å²) in [5, 5.41) is 9.04. The standard InChI is InChI=1S/C12H17FN2O3S/c1-8-11(13)4-10(5-12(8)14)19(17,18)15-3-2-9(6-15)7-16/h4-5,9,16H,2-3,6-7,14H2,1H3. The molecule has 7 heteroatoms. The molecule has 1 aromatic rings. The van der Waals surface area contributed by atoms with Crippen LogP contribution >= 0.6 is 0 Å². The number of halogens is 1. The van der Waals surface area contributed by atoms with Gasteiger partial charge in [0.25, 0.3) is 0 Å². The van der Waals surface area contributed by atoms with E-state index in [-0.39, 0.29) is 35.2 Å². The van der Waals surface area contributed by atoms with E-state index in [0.29, 0.717) is 13.0 Å². The van der Waals surface area contributed by atoms with Gasteiger partial charge in [0.1, 0.15) is 5.82 Å². The number of aliphatic hydroxyl groups excluding tert-OH is 1. The molecule has 0 saturated carbocycles. The van der Waals surface area contributed by atoms with E-state index in [9.17, 15) is 12.8 Å². The van der Waals surface area contributed by atoms with Crippen LogP contribution in [0.25, 0.3) is 0 Å². The van der Waals surface area contributed by atoms with Crippen LogP contribution in [0.3, 0.4) is 0 Å². The quantitative estimate of drug-likeness (QED) is 0.803. The van der Waals surface area contributed by atoms with Crippen molar-refractivity contribution in [2.75, 3.05) is 25.4 Å². The number of rotatable bonds is 3. The molecule has 1 heterocycles. The van der Waals surface area contributed by atoms with E-state index in [2.05, 4.69) is 0 Å². The lowest BCUT2D eigenvalue weighted by atomic mass is 10.1. The molecule has 2 rings (SSSR count). The third kappa shape index (κ3) is 2.58. The Hall–Kier alpha value is -1.18. The summed E-state index contributed by atoms with van der Waals surface area (Å²) >= 11 is 0. The maximum atomic E-state index is 13.6. The van der Waals surface area contributed by atoms with E-state index in [4.69, 9.17) is 10.8 Å². The van der Waals surface area contributed by atoms with E-state index < -0.39 is 15.8 Å². The third-order valence-electron chi connectivity index (χ3n) is 3.50. The molecule has 1 unspecified atom stereocenters. The Bertz CT molecular complexity index is 566. The number of hydrogen-bond acceptors (Lipinski definition) is 4. The summed E-state index contributed by atoms with van der Waals surface area (Å²) < 4.78 is 39.5. The number of nitrogen functional groups attached to an aromatic ring is 1. The van der Waals surface area contributed by atoms with Gasteiger partial charge in [0.05, 0.1) is 4.90 Å². The topological polar surface area (TPSA) is 83.6 Å². The summed E-state index contributed by atoms with van der Waals surface area (Å²) in [6.45, 7) is 2.05.